The zero-order valence-electron chi connectivity index (χ0n) is 15.5. The summed E-state index contributed by atoms with van der Waals surface area (Å²) < 4.78 is 1.70. The van der Waals surface area contributed by atoms with Crippen molar-refractivity contribution in [2.75, 3.05) is 19.6 Å². The molecule has 140 valence electrons. The lowest BCUT2D eigenvalue weighted by molar-refractivity contribution is 0.0945. The fourth-order valence-electron chi connectivity index (χ4n) is 3.62. The molecule has 3 aromatic rings. The molecule has 1 fully saturated rings. The number of hydrogen-bond donors (Lipinski definition) is 2. The number of nitrogens with zero attached hydrogens (tertiary/aromatic N) is 4. The predicted molar refractivity (Wildman–Crippen MR) is 104 cm³/mol. The maximum absolute atomic E-state index is 12.5. The van der Waals surface area contributed by atoms with Gasteiger partial charge in [0, 0.05) is 18.1 Å². The molecular weight excluding hydrogens is 340 g/mol. The molecular formula is C20H24N6O. The summed E-state index contributed by atoms with van der Waals surface area (Å²) in [4.78, 5) is 16.8. The van der Waals surface area contributed by atoms with Gasteiger partial charge < -0.3 is 10.6 Å². The molecule has 1 aromatic carbocycles. The summed E-state index contributed by atoms with van der Waals surface area (Å²) in [5.74, 6) is 0.479. The highest BCUT2D eigenvalue weighted by Crippen LogP contribution is 2.18. The molecule has 0 aliphatic carbocycles. The second kappa shape index (κ2) is 7.84. The van der Waals surface area contributed by atoms with Crippen molar-refractivity contribution < 1.29 is 4.79 Å². The van der Waals surface area contributed by atoms with E-state index in [1.165, 1.54) is 12.8 Å². The van der Waals surface area contributed by atoms with Gasteiger partial charge in [-0.3, -0.25) is 9.78 Å². The number of hydrogen-bond acceptors (Lipinski definition) is 5. The van der Waals surface area contributed by atoms with Crippen LogP contribution in [-0.2, 0) is 0 Å². The van der Waals surface area contributed by atoms with Crippen molar-refractivity contribution in [1.29, 1.82) is 0 Å². The van der Waals surface area contributed by atoms with Crippen molar-refractivity contribution in [2.24, 2.45) is 5.92 Å². The number of aromatic nitrogens is 4. The molecule has 1 aliphatic rings. The maximum atomic E-state index is 12.5. The Labute approximate surface area is 158 Å². The second-order valence-corrected chi connectivity index (χ2v) is 7.07. The number of fused-ring (bicyclic) bond motifs is 1. The second-order valence-electron chi connectivity index (χ2n) is 7.07. The quantitative estimate of drug-likeness (QED) is 0.725. The summed E-state index contributed by atoms with van der Waals surface area (Å²) in [5.41, 5.74) is 2.90. The third-order valence-electron chi connectivity index (χ3n) is 5.18. The fourth-order valence-corrected chi connectivity index (χ4v) is 3.62. The first-order valence-corrected chi connectivity index (χ1v) is 9.49. The van der Waals surface area contributed by atoms with Crippen molar-refractivity contribution in [2.45, 2.75) is 26.2 Å². The minimum absolute atomic E-state index is 0.162. The van der Waals surface area contributed by atoms with Crippen LogP contribution in [0.3, 0.4) is 0 Å². The molecule has 2 aromatic heterocycles. The summed E-state index contributed by atoms with van der Waals surface area (Å²) in [6, 6.07) is 9.80. The van der Waals surface area contributed by atoms with Crippen LogP contribution in [0.1, 0.15) is 35.4 Å². The van der Waals surface area contributed by atoms with Gasteiger partial charge in [0.25, 0.3) is 5.91 Å². The Hall–Kier alpha value is -2.80. The van der Waals surface area contributed by atoms with Gasteiger partial charge in [0.2, 0.25) is 0 Å². The van der Waals surface area contributed by atoms with Crippen LogP contribution >= 0.6 is 0 Å². The highest BCUT2D eigenvalue weighted by molar-refractivity contribution is 5.93. The van der Waals surface area contributed by atoms with E-state index in [1.807, 2.05) is 37.3 Å². The van der Waals surface area contributed by atoms with Gasteiger partial charge in [0.1, 0.15) is 0 Å². The SMILES string of the molecule is Cc1c(C(=O)NCCC2CCCNC2)nnn1-c1ccc2ncccc2c1. The molecule has 4 rings (SSSR count). The van der Waals surface area contributed by atoms with E-state index in [9.17, 15) is 4.79 Å². The smallest absolute Gasteiger partial charge is 0.273 e. The number of pyridine rings is 1. The summed E-state index contributed by atoms with van der Waals surface area (Å²) in [7, 11) is 0. The van der Waals surface area contributed by atoms with Crippen LogP contribution < -0.4 is 10.6 Å². The number of nitrogens with one attached hydrogen (secondary N) is 2. The first kappa shape index (κ1) is 17.6. The lowest BCUT2D eigenvalue weighted by Gasteiger charge is -2.22. The molecule has 0 spiro atoms. The Kier molecular flexibility index (Phi) is 5.11. The van der Waals surface area contributed by atoms with E-state index in [0.717, 1.165) is 41.8 Å². The van der Waals surface area contributed by atoms with Gasteiger partial charge in [-0.2, -0.15) is 0 Å². The van der Waals surface area contributed by atoms with Crippen LogP contribution in [-0.4, -0.2) is 45.5 Å². The van der Waals surface area contributed by atoms with Gasteiger partial charge in [-0.05, 0) is 69.5 Å². The van der Waals surface area contributed by atoms with Crippen LogP contribution in [0.5, 0.6) is 0 Å². The Balaban J connectivity index is 1.45. The third kappa shape index (κ3) is 3.83. The van der Waals surface area contributed by atoms with E-state index in [-0.39, 0.29) is 5.91 Å². The Bertz CT molecular complexity index is 945. The molecule has 0 bridgehead atoms. The topological polar surface area (TPSA) is 84.7 Å². The highest BCUT2D eigenvalue weighted by atomic mass is 16.2. The molecule has 1 unspecified atom stereocenters. The number of rotatable bonds is 5. The lowest BCUT2D eigenvalue weighted by Crippen LogP contribution is -2.33. The van der Waals surface area contributed by atoms with Crippen LogP contribution in [0.25, 0.3) is 16.6 Å². The Morgan fingerprint density at radius 2 is 2.30 bits per heavy atom. The number of amides is 1. The number of benzene rings is 1. The monoisotopic (exact) mass is 364 g/mol. The maximum Gasteiger partial charge on any atom is 0.273 e. The van der Waals surface area contributed by atoms with E-state index < -0.39 is 0 Å². The molecule has 1 aliphatic heterocycles. The molecule has 7 nitrogen and oxygen atoms in total. The molecule has 7 heteroatoms. The van der Waals surface area contributed by atoms with Crippen LogP contribution in [0.2, 0.25) is 0 Å². The average Bonchev–Trinajstić information content (AvgIpc) is 3.10. The van der Waals surface area contributed by atoms with Crippen molar-refractivity contribution in [1.82, 2.24) is 30.6 Å². The Morgan fingerprint density at radius 3 is 3.15 bits per heavy atom. The normalized spacial score (nSPS) is 17.1. The third-order valence-corrected chi connectivity index (χ3v) is 5.18. The molecule has 1 saturated heterocycles. The number of piperidine rings is 1. The van der Waals surface area contributed by atoms with Crippen molar-refractivity contribution in [3.8, 4) is 5.69 Å². The van der Waals surface area contributed by atoms with E-state index in [4.69, 9.17) is 0 Å². The van der Waals surface area contributed by atoms with Crippen molar-refractivity contribution in [3.05, 3.63) is 47.9 Å². The van der Waals surface area contributed by atoms with Gasteiger partial charge in [0.15, 0.2) is 5.69 Å². The predicted octanol–water partition coefficient (Wildman–Crippen LogP) is 2.24. The fraction of sp³-hybridized carbons (Fsp3) is 0.400. The van der Waals surface area contributed by atoms with Gasteiger partial charge in [-0.1, -0.05) is 11.3 Å². The molecule has 1 amide bonds. The molecule has 0 radical (unpaired) electrons. The minimum Gasteiger partial charge on any atom is -0.351 e. The van der Waals surface area contributed by atoms with Crippen molar-refractivity contribution >= 4 is 16.8 Å². The number of carbonyl (C=O) groups excluding carboxylic acids is 1. The molecule has 27 heavy (non-hydrogen) atoms. The number of carbonyl (C=O) groups is 1. The standard InChI is InChI=1S/C20H24N6O/c1-14-19(20(27)23-11-8-15-4-2-9-21-13-15)24-25-26(14)17-6-7-18-16(12-17)5-3-10-22-18/h3,5-7,10,12,15,21H,2,4,8-9,11,13H2,1H3,(H,23,27). The van der Waals surface area contributed by atoms with E-state index >= 15 is 0 Å². The van der Waals surface area contributed by atoms with Gasteiger partial charge in [-0.15, -0.1) is 5.10 Å². The van der Waals surface area contributed by atoms with Crippen LogP contribution in [0, 0.1) is 12.8 Å². The summed E-state index contributed by atoms with van der Waals surface area (Å²) in [6.07, 6.45) is 5.21. The summed E-state index contributed by atoms with van der Waals surface area (Å²) in [6.45, 7) is 4.68. The highest BCUT2D eigenvalue weighted by Gasteiger charge is 2.18. The average molecular weight is 364 g/mol. The van der Waals surface area contributed by atoms with E-state index in [2.05, 4.69) is 25.9 Å². The first-order valence-electron chi connectivity index (χ1n) is 9.49. The largest absolute Gasteiger partial charge is 0.351 e. The first-order chi connectivity index (χ1) is 13.2. The molecule has 1 atom stereocenters. The Morgan fingerprint density at radius 1 is 1.37 bits per heavy atom. The molecule has 0 saturated carbocycles. The van der Waals surface area contributed by atoms with Gasteiger partial charge in [0.05, 0.1) is 16.9 Å². The van der Waals surface area contributed by atoms with E-state index in [0.29, 0.717) is 18.2 Å². The zero-order valence-corrected chi connectivity index (χ0v) is 15.5. The minimum atomic E-state index is -0.162. The summed E-state index contributed by atoms with van der Waals surface area (Å²) >= 11 is 0. The van der Waals surface area contributed by atoms with Crippen LogP contribution in [0.4, 0.5) is 0 Å². The molecule has 3 heterocycles. The zero-order chi connectivity index (χ0) is 18.6. The lowest BCUT2D eigenvalue weighted by atomic mass is 9.96. The van der Waals surface area contributed by atoms with Gasteiger partial charge >= 0.3 is 0 Å². The van der Waals surface area contributed by atoms with Crippen LogP contribution in [0.15, 0.2) is 36.5 Å². The summed E-state index contributed by atoms with van der Waals surface area (Å²) in [5, 5.41) is 15.7. The van der Waals surface area contributed by atoms with Gasteiger partial charge in [-0.25, -0.2) is 4.68 Å². The molecule has 2 N–H and O–H groups in total. The van der Waals surface area contributed by atoms with Crippen molar-refractivity contribution in [3.63, 3.8) is 0 Å². The van der Waals surface area contributed by atoms with E-state index in [1.54, 1.807) is 10.9 Å².